The zero-order valence-electron chi connectivity index (χ0n) is 12.2. The van der Waals surface area contributed by atoms with Crippen LogP contribution < -0.4 is 10.1 Å². The van der Waals surface area contributed by atoms with Gasteiger partial charge in [0.1, 0.15) is 5.75 Å². The highest BCUT2D eigenvalue weighted by atomic mass is 32.2. The lowest BCUT2D eigenvalue weighted by Crippen LogP contribution is -2.43. The number of para-hydroxylation sites is 1. The second kappa shape index (κ2) is 8.46. The normalized spacial score (nSPS) is 15.8. The number of methoxy groups -OCH3 is 1. The molecule has 0 aromatic heterocycles. The Bertz CT molecular complexity index is 369. The van der Waals surface area contributed by atoms with E-state index < -0.39 is 0 Å². The highest BCUT2D eigenvalue weighted by molar-refractivity contribution is 7.99. The molecule has 3 nitrogen and oxygen atoms in total. The van der Waals surface area contributed by atoms with Crippen molar-refractivity contribution in [1.29, 1.82) is 0 Å². The van der Waals surface area contributed by atoms with Crippen molar-refractivity contribution >= 4 is 11.8 Å². The summed E-state index contributed by atoms with van der Waals surface area (Å²) in [6, 6.07) is 8.73. The van der Waals surface area contributed by atoms with Crippen molar-refractivity contribution in [3.8, 4) is 5.75 Å². The van der Waals surface area contributed by atoms with Crippen LogP contribution in [0.4, 0.5) is 0 Å². The number of aliphatic hydroxyl groups is 1. The minimum absolute atomic E-state index is 0.205. The Morgan fingerprint density at radius 3 is 2.58 bits per heavy atom. The molecule has 2 N–H and O–H groups in total. The molecule has 3 unspecified atom stereocenters. The van der Waals surface area contributed by atoms with E-state index >= 15 is 0 Å². The van der Waals surface area contributed by atoms with Crippen molar-refractivity contribution < 1.29 is 9.84 Å². The molecule has 0 spiro atoms. The smallest absolute Gasteiger partial charge is 0.122 e. The molecule has 0 aliphatic carbocycles. The van der Waals surface area contributed by atoms with Crippen LogP contribution in [0, 0.1) is 0 Å². The molecule has 19 heavy (non-hydrogen) atoms. The van der Waals surface area contributed by atoms with Gasteiger partial charge in [-0.05, 0) is 38.2 Å². The maximum absolute atomic E-state index is 9.30. The number of rotatable bonds is 8. The second-order valence-electron chi connectivity index (χ2n) is 4.83. The first-order chi connectivity index (χ1) is 9.12. The van der Waals surface area contributed by atoms with Gasteiger partial charge in [0.05, 0.1) is 13.7 Å². The lowest BCUT2D eigenvalue weighted by molar-refractivity contribution is 0.271. The highest BCUT2D eigenvalue weighted by Gasteiger charge is 2.17. The quantitative estimate of drug-likeness (QED) is 0.768. The topological polar surface area (TPSA) is 41.5 Å². The van der Waals surface area contributed by atoms with Crippen molar-refractivity contribution in [3.63, 3.8) is 0 Å². The Morgan fingerprint density at radius 1 is 1.32 bits per heavy atom. The third-order valence-electron chi connectivity index (χ3n) is 3.31. The third-order valence-corrected chi connectivity index (χ3v) is 4.47. The van der Waals surface area contributed by atoms with Crippen LogP contribution in [0.3, 0.4) is 0 Å². The fourth-order valence-electron chi connectivity index (χ4n) is 2.25. The van der Waals surface area contributed by atoms with E-state index in [0.717, 1.165) is 12.2 Å². The standard InChI is InChI=1S/C15H25NO2S/c1-11(16-12(2)15(10-17)19-4)9-13-7-5-6-8-14(13)18-3/h5-8,11-12,15-17H,9-10H2,1-4H3. The van der Waals surface area contributed by atoms with Crippen LogP contribution in [0.5, 0.6) is 5.75 Å². The third kappa shape index (κ3) is 5.05. The van der Waals surface area contributed by atoms with E-state index in [2.05, 4.69) is 25.2 Å². The number of nitrogens with one attached hydrogen (secondary N) is 1. The predicted molar refractivity (Wildman–Crippen MR) is 83.1 cm³/mol. The monoisotopic (exact) mass is 283 g/mol. The van der Waals surface area contributed by atoms with Crippen LogP contribution in [0.1, 0.15) is 19.4 Å². The maximum Gasteiger partial charge on any atom is 0.122 e. The molecule has 108 valence electrons. The van der Waals surface area contributed by atoms with E-state index in [1.807, 2.05) is 24.5 Å². The van der Waals surface area contributed by atoms with Gasteiger partial charge in [0.15, 0.2) is 0 Å². The fourth-order valence-corrected chi connectivity index (χ4v) is 2.89. The Hall–Kier alpha value is -0.710. The van der Waals surface area contributed by atoms with Crippen molar-refractivity contribution in [2.45, 2.75) is 37.6 Å². The van der Waals surface area contributed by atoms with Gasteiger partial charge in [-0.2, -0.15) is 11.8 Å². The van der Waals surface area contributed by atoms with E-state index in [1.54, 1.807) is 18.9 Å². The van der Waals surface area contributed by atoms with Gasteiger partial charge in [-0.1, -0.05) is 18.2 Å². The molecular formula is C15H25NO2S. The summed E-state index contributed by atoms with van der Waals surface area (Å²) in [6.07, 6.45) is 2.95. The number of thioether (sulfide) groups is 1. The molecule has 0 heterocycles. The lowest BCUT2D eigenvalue weighted by atomic mass is 10.0. The van der Waals surface area contributed by atoms with Gasteiger partial charge in [0, 0.05) is 17.3 Å². The first-order valence-electron chi connectivity index (χ1n) is 6.64. The van der Waals surface area contributed by atoms with Crippen LogP contribution in [0.25, 0.3) is 0 Å². The summed E-state index contributed by atoms with van der Waals surface area (Å²) >= 11 is 1.70. The molecule has 0 aliphatic rings. The molecule has 0 radical (unpaired) electrons. The fraction of sp³-hybridized carbons (Fsp3) is 0.600. The van der Waals surface area contributed by atoms with Gasteiger partial charge in [0.25, 0.3) is 0 Å². The van der Waals surface area contributed by atoms with Gasteiger partial charge in [-0.3, -0.25) is 0 Å². The number of hydrogen-bond acceptors (Lipinski definition) is 4. The second-order valence-corrected chi connectivity index (χ2v) is 5.91. The van der Waals surface area contributed by atoms with Crippen molar-refractivity contribution in [2.24, 2.45) is 0 Å². The number of hydrogen-bond donors (Lipinski definition) is 2. The zero-order chi connectivity index (χ0) is 14.3. The summed E-state index contributed by atoms with van der Waals surface area (Å²) in [5.41, 5.74) is 1.21. The van der Waals surface area contributed by atoms with E-state index in [-0.39, 0.29) is 17.9 Å². The Kier molecular flexibility index (Phi) is 7.28. The van der Waals surface area contributed by atoms with E-state index in [9.17, 15) is 5.11 Å². The Morgan fingerprint density at radius 2 is 2.00 bits per heavy atom. The van der Waals surface area contributed by atoms with E-state index in [0.29, 0.717) is 6.04 Å². The summed E-state index contributed by atoms with van der Waals surface area (Å²) in [5, 5.41) is 13.1. The van der Waals surface area contributed by atoms with E-state index in [1.165, 1.54) is 5.56 Å². The molecule has 0 amide bonds. The molecule has 0 saturated heterocycles. The summed E-state index contributed by atoms with van der Waals surface area (Å²) in [7, 11) is 1.70. The van der Waals surface area contributed by atoms with Crippen molar-refractivity contribution in [2.75, 3.05) is 20.0 Å². The van der Waals surface area contributed by atoms with Gasteiger partial charge < -0.3 is 15.2 Å². The van der Waals surface area contributed by atoms with Crippen LogP contribution >= 0.6 is 11.8 Å². The highest BCUT2D eigenvalue weighted by Crippen LogP contribution is 2.19. The maximum atomic E-state index is 9.30. The predicted octanol–water partition coefficient (Wildman–Crippen LogP) is 2.33. The molecule has 1 rings (SSSR count). The van der Waals surface area contributed by atoms with Crippen LogP contribution in [0.2, 0.25) is 0 Å². The minimum Gasteiger partial charge on any atom is -0.496 e. The molecule has 0 aliphatic heterocycles. The Labute approximate surface area is 120 Å². The number of benzene rings is 1. The van der Waals surface area contributed by atoms with Crippen molar-refractivity contribution in [1.82, 2.24) is 5.32 Å². The summed E-state index contributed by atoms with van der Waals surface area (Å²) in [4.78, 5) is 0. The zero-order valence-corrected chi connectivity index (χ0v) is 13.0. The summed E-state index contributed by atoms with van der Waals surface area (Å²) in [6.45, 7) is 4.49. The first kappa shape index (κ1) is 16.3. The molecular weight excluding hydrogens is 258 g/mol. The molecule has 1 aromatic rings. The van der Waals surface area contributed by atoms with Crippen LogP contribution in [-0.2, 0) is 6.42 Å². The Balaban J connectivity index is 2.57. The van der Waals surface area contributed by atoms with Crippen molar-refractivity contribution in [3.05, 3.63) is 29.8 Å². The van der Waals surface area contributed by atoms with Gasteiger partial charge in [0.2, 0.25) is 0 Å². The van der Waals surface area contributed by atoms with E-state index in [4.69, 9.17) is 4.74 Å². The molecule has 0 saturated carbocycles. The molecule has 0 bridgehead atoms. The first-order valence-corrected chi connectivity index (χ1v) is 7.92. The molecule has 4 heteroatoms. The number of aliphatic hydroxyl groups excluding tert-OH is 1. The lowest BCUT2D eigenvalue weighted by Gasteiger charge is -2.25. The summed E-state index contributed by atoms with van der Waals surface area (Å²) < 4.78 is 5.37. The van der Waals surface area contributed by atoms with Crippen LogP contribution in [-0.4, -0.2) is 42.4 Å². The average Bonchev–Trinajstić information content (AvgIpc) is 2.40. The van der Waals surface area contributed by atoms with Gasteiger partial charge in [-0.15, -0.1) is 0 Å². The minimum atomic E-state index is 0.205. The van der Waals surface area contributed by atoms with Gasteiger partial charge in [-0.25, -0.2) is 0 Å². The molecule has 3 atom stereocenters. The molecule has 1 aromatic carbocycles. The average molecular weight is 283 g/mol. The van der Waals surface area contributed by atoms with Gasteiger partial charge >= 0.3 is 0 Å². The van der Waals surface area contributed by atoms with Crippen LogP contribution in [0.15, 0.2) is 24.3 Å². The summed E-state index contributed by atoms with van der Waals surface area (Å²) in [5.74, 6) is 0.937. The SMILES string of the molecule is COc1ccccc1CC(C)NC(C)C(CO)SC. The number of ether oxygens (including phenoxy) is 1. The molecule has 0 fully saturated rings. The largest absolute Gasteiger partial charge is 0.496 e.